The average Bonchev–Trinajstić information content (AvgIpc) is 2.81. The molecular formula is C10H9N3O5. The van der Waals surface area contributed by atoms with E-state index in [1.165, 1.54) is 4.68 Å². The molecule has 2 heterocycles. The number of hydrogen-bond donors (Lipinski definition) is 2. The van der Waals surface area contributed by atoms with Crippen LogP contribution in [0.4, 0.5) is 0 Å². The van der Waals surface area contributed by atoms with Gasteiger partial charge in [0.05, 0.1) is 11.3 Å². The van der Waals surface area contributed by atoms with Crippen LogP contribution in [0, 0.1) is 6.92 Å². The number of aryl methyl sites for hydroxylation is 2. The van der Waals surface area contributed by atoms with E-state index >= 15 is 0 Å². The lowest BCUT2D eigenvalue weighted by Gasteiger charge is -1.89. The Balaban J connectivity index is 2.60. The number of aromatic nitrogens is 3. The van der Waals surface area contributed by atoms with Crippen LogP contribution in [-0.4, -0.2) is 36.9 Å². The molecule has 0 spiro atoms. The lowest BCUT2D eigenvalue weighted by Crippen LogP contribution is -2.05. The van der Waals surface area contributed by atoms with Gasteiger partial charge in [0.15, 0.2) is 0 Å². The molecule has 2 aromatic rings. The van der Waals surface area contributed by atoms with Gasteiger partial charge in [0.1, 0.15) is 0 Å². The van der Waals surface area contributed by atoms with E-state index < -0.39 is 23.4 Å². The van der Waals surface area contributed by atoms with E-state index in [0.29, 0.717) is 11.3 Å². The van der Waals surface area contributed by atoms with Gasteiger partial charge < -0.3 is 14.6 Å². The number of carbonyl (C=O) groups is 2. The molecule has 0 radical (unpaired) electrons. The monoisotopic (exact) mass is 251 g/mol. The number of nitrogens with zero attached hydrogens (tertiary/aromatic N) is 3. The third-order valence-electron chi connectivity index (χ3n) is 2.27. The van der Waals surface area contributed by atoms with Crippen LogP contribution in [0.25, 0.3) is 11.5 Å². The van der Waals surface area contributed by atoms with Gasteiger partial charge in [-0.1, -0.05) is 0 Å². The summed E-state index contributed by atoms with van der Waals surface area (Å²) in [4.78, 5) is 25.4. The van der Waals surface area contributed by atoms with Crippen LogP contribution >= 0.6 is 0 Å². The zero-order valence-corrected chi connectivity index (χ0v) is 9.54. The van der Waals surface area contributed by atoms with E-state index in [9.17, 15) is 9.59 Å². The van der Waals surface area contributed by atoms with Crippen molar-refractivity contribution in [2.45, 2.75) is 6.92 Å². The number of aromatic carboxylic acids is 2. The van der Waals surface area contributed by atoms with Crippen LogP contribution in [0.1, 0.15) is 26.7 Å². The number of carboxylic acids is 2. The van der Waals surface area contributed by atoms with Crippen LogP contribution in [0.2, 0.25) is 0 Å². The largest absolute Gasteiger partial charge is 0.476 e. The Kier molecular flexibility index (Phi) is 2.62. The van der Waals surface area contributed by atoms with Gasteiger partial charge in [-0.3, -0.25) is 4.68 Å². The van der Waals surface area contributed by atoms with E-state index in [1.54, 1.807) is 20.2 Å². The van der Waals surface area contributed by atoms with E-state index in [4.69, 9.17) is 14.6 Å². The molecule has 0 aromatic carbocycles. The molecule has 0 unspecified atom stereocenters. The normalized spacial score (nSPS) is 10.6. The van der Waals surface area contributed by atoms with Gasteiger partial charge in [-0.05, 0) is 6.92 Å². The molecule has 18 heavy (non-hydrogen) atoms. The summed E-state index contributed by atoms with van der Waals surface area (Å²) in [7, 11) is 1.68. The summed E-state index contributed by atoms with van der Waals surface area (Å²) >= 11 is 0. The predicted molar refractivity (Wildman–Crippen MR) is 57.4 cm³/mol. The second-order valence-corrected chi connectivity index (χ2v) is 3.61. The van der Waals surface area contributed by atoms with Crippen molar-refractivity contribution < 1.29 is 24.2 Å². The van der Waals surface area contributed by atoms with Crippen molar-refractivity contribution in [2.24, 2.45) is 7.05 Å². The third-order valence-corrected chi connectivity index (χ3v) is 2.27. The van der Waals surface area contributed by atoms with Gasteiger partial charge >= 0.3 is 11.9 Å². The maximum absolute atomic E-state index is 10.9. The summed E-state index contributed by atoms with van der Waals surface area (Å²) in [6.45, 7) is 1.68. The van der Waals surface area contributed by atoms with Gasteiger partial charge in [-0.15, -0.1) is 0 Å². The van der Waals surface area contributed by atoms with Crippen LogP contribution in [0.5, 0.6) is 0 Å². The molecule has 2 rings (SSSR count). The SMILES string of the molecule is Cc1nn(C)cc1-c1nc(C(=O)O)c(C(=O)O)o1. The highest BCUT2D eigenvalue weighted by molar-refractivity contribution is 5.98. The zero-order valence-electron chi connectivity index (χ0n) is 9.54. The van der Waals surface area contributed by atoms with Crippen LogP contribution in [-0.2, 0) is 7.05 Å². The second kappa shape index (κ2) is 3.99. The van der Waals surface area contributed by atoms with E-state index in [0.717, 1.165) is 0 Å². The quantitative estimate of drug-likeness (QED) is 0.827. The second-order valence-electron chi connectivity index (χ2n) is 3.61. The van der Waals surface area contributed by atoms with Gasteiger partial charge in [0.25, 0.3) is 0 Å². The average molecular weight is 251 g/mol. The summed E-state index contributed by atoms with van der Waals surface area (Å²) in [5.74, 6) is -3.70. The molecule has 8 nitrogen and oxygen atoms in total. The summed E-state index contributed by atoms with van der Waals surface area (Å²) in [5.41, 5.74) is 0.390. The lowest BCUT2D eigenvalue weighted by molar-refractivity contribution is 0.0624. The maximum atomic E-state index is 10.9. The highest BCUT2D eigenvalue weighted by Gasteiger charge is 2.26. The van der Waals surface area contributed by atoms with Crippen molar-refractivity contribution >= 4 is 11.9 Å². The molecule has 0 fully saturated rings. The Hall–Kier alpha value is -2.64. The molecule has 0 saturated carbocycles. The minimum atomic E-state index is -1.48. The molecule has 94 valence electrons. The number of oxazole rings is 1. The third kappa shape index (κ3) is 1.83. The van der Waals surface area contributed by atoms with E-state index in [-0.39, 0.29) is 5.89 Å². The highest BCUT2D eigenvalue weighted by Crippen LogP contribution is 2.24. The molecule has 0 aliphatic rings. The highest BCUT2D eigenvalue weighted by atomic mass is 16.4. The van der Waals surface area contributed by atoms with Gasteiger partial charge in [0, 0.05) is 13.2 Å². The fourth-order valence-electron chi connectivity index (χ4n) is 1.53. The van der Waals surface area contributed by atoms with Crippen molar-refractivity contribution in [1.29, 1.82) is 0 Å². The van der Waals surface area contributed by atoms with Crippen molar-refractivity contribution in [1.82, 2.24) is 14.8 Å². The van der Waals surface area contributed by atoms with Crippen molar-refractivity contribution in [3.8, 4) is 11.5 Å². The Labute approximate surface area is 100 Å². The first-order chi connectivity index (χ1) is 8.40. The van der Waals surface area contributed by atoms with Crippen molar-refractivity contribution in [3.05, 3.63) is 23.3 Å². The van der Waals surface area contributed by atoms with Gasteiger partial charge in [-0.2, -0.15) is 5.10 Å². The minimum Gasteiger partial charge on any atom is -0.476 e. The molecule has 0 atom stereocenters. The molecule has 0 bridgehead atoms. The first-order valence-electron chi connectivity index (χ1n) is 4.88. The molecule has 2 aromatic heterocycles. The maximum Gasteiger partial charge on any atom is 0.374 e. The standard InChI is InChI=1S/C10H9N3O5/c1-4-5(3-13(2)12-4)8-11-6(9(14)15)7(18-8)10(16)17/h3H,1-2H3,(H,14,15)(H,16,17). The summed E-state index contributed by atoms with van der Waals surface area (Å²) in [6, 6.07) is 0. The molecule has 0 saturated heterocycles. The van der Waals surface area contributed by atoms with Crippen LogP contribution in [0.15, 0.2) is 10.6 Å². The first-order valence-corrected chi connectivity index (χ1v) is 4.88. The Morgan fingerprint density at radius 2 is 2.00 bits per heavy atom. The molecule has 2 N–H and O–H groups in total. The van der Waals surface area contributed by atoms with E-state index in [2.05, 4.69) is 10.1 Å². The fraction of sp³-hybridized carbons (Fsp3) is 0.200. The van der Waals surface area contributed by atoms with Crippen LogP contribution in [0.3, 0.4) is 0 Å². The summed E-state index contributed by atoms with van der Waals surface area (Å²) < 4.78 is 6.47. The van der Waals surface area contributed by atoms with Gasteiger partial charge in [-0.25, -0.2) is 14.6 Å². The molecule has 8 heteroatoms. The molecule has 0 aliphatic carbocycles. The van der Waals surface area contributed by atoms with Crippen molar-refractivity contribution in [2.75, 3.05) is 0 Å². The molecule has 0 aliphatic heterocycles. The molecule has 0 amide bonds. The predicted octanol–water partition coefficient (Wildman–Crippen LogP) is 0.780. The zero-order chi connectivity index (χ0) is 13.4. The summed E-state index contributed by atoms with van der Waals surface area (Å²) in [6.07, 6.45) is 1.57. The van der Waals surface area contributed by atoms with Crippen LogP contribution < -0.4 is 0 Å². The Bertz CT molecular complexity index is 608. The van der Waals surface area contributed by atoms with E-state index in [1.807, 2.05) is 0 Å². The van der Waals surface area contributed by atoms with Gasteiger partial charge in [0.2, 0.25) is 17.3 Å². The minimum absolute atomic E-state index is 0.0737. The topological polar surface area (TPSA) is 118 Å². The smallest absolute Gasteiger partial charge is 0.374 e. The summed E-state index contributed by atoms with van der Waals surface area (Å²) in [5, 5.41) is 21.7. The Morgan fingerprint density at radius 1 is 1.33 bits per heavy atom. The fourth-order valence-corrected chi connectivity index (χ4v) is 1.53. The number of hydrogen-bond acceptors (Lipinski definition) is 5. The Morgan fingerprint density at radius 3 is 2.39 bits per heavy atom. The van der Waals surface area contributed by atoms with Crippen molar-refractivity contribution in [3.63, 3.8) is 0 Å². The number of carboxylic acid groups (broad SMARTS) is 2. The lowest BCUT2D eigenvalue weighted by atomic mass is 10.3. The molecular weight excluding hydrogens is 242 g/mol. The first kappa shape index (κ1) is 11.8. The number of rotatable bonds is 3.